The van der Waals surface area contributed by atoms with Gasteiger partial charge in [-0.1, -0.05) is 0 Å². The van der Waals surface area contributed by atoms with Crippen LogP contribution in [0.4, 0.5) is 0 Å². The first kappa shape index (κ1) is 17.5. The molecule has 0 N–H and O–H groups in total. The van der Waals surface area contributed by atoms with Crippen molar-refractivity contribution >= 4 is 9.90 Å². The predicted molar refractivity (Wildman–Crippen MR) is 11.8 cm³/mol. The van der Waals surface area contributed by atoms with Gasteiger partial charge in [-0.3, -0.25) is 0 Å². The second-order valence-electron chi connectivity index (χ2n) is 0. The first-order chi connectivity index (χ1) is 1.00. The van der Waals surface area contributed by atoms with E-state index in [4.69, 9.17) is 3.40 Å². The molecule has 26 valence electrons. The van der Waals surface area contributed by atoms with Gasteiger partial charge < -0.3 is 0 Å². The number of rotatable bonds is 0. The molecular formula is H3MoOPW. The fourth-order valence-corrected chi connectivity index (χ4v) is 0. The van der Waals surface area contributed by atoms with Crippen LogP contribution in [-0.4, -0.2) is 0 Å². The molecule has 0 aromatic rings. The molecule has 0 aliphatic rings. The summed E-state index contributed by atoms with van der Waals surface area (Å²) in [5.74, 6) is 0. The molecular weight excluding hydrogens is 327 g/mol. The van der Waals surface area contributed by atoms with Crippen molar-refractivity contribution in [1.82, 2.24) is 0 Å². The Hall–Kier alpha value is 1.61. The summed E-state index contributed by atoms with van der Waals surface area (Å²) in [6.45, 7) is 0. The Bertz CT molecular complexity index is 8.00. The Balaban J connectivity index is -0.00000000500. The summed E-state index contributed by atoms with van der Waals surface area (Å²) >= 11 is 0.333. The molecule has 0 radical (unpaired) electrons. The van der Waals surface area contributed by atoms with Crippen LogP contribution in [0.2, 0.25) is 0 Å². The molecule has 1 atom stereocenters. The molecule has 0 spiro atoms. The summed E-state index contributed by atoms with van der Waals surface area (Å²) in [5.41, 5.74) is 0. The monoisotopic (exact) mass is 332 g/mol. The Kier molecular flexibility index (Phi) is 102. The molecule has 4 heavy (non-hydrogen) atoms. The van der Waals surface area contributed by atoms with Crippen molar-refractivity contribution in [2.45, 2.75) is 0 Å². The van der Waals surface area contributed by atoms with E-state index in [1.807, 2.05) is 0 Å². The fraction of sp³-hybridized carbons (Fsp3) is 0. The third-order valence-corrected chi connectivity index (χ3v) is 0. The topological polar surface area (TPSA) is 17.1 Å². The summed E-state index contributed by atoms with van der Waals surface area (Å²) < 4.78 is 8.33. The first-order valence-electron chi connectivity index (χ1n) is 0.167. The van der Waals surface area contributed by atoms with Crippen molar-refractivity contribution < 1.29 is 44.2 Å². The van der Waals surface area contributed by atoms with E-state index in [1.54, 1.807) is 0 Å². The summed E-state index contributed by atoms with van der Waals surface area (Å²) in [6, 6.07) is 0. The second kappa shape index (κ2) is 23.2. The van der Waals surface area contributed by atoms with Crippen molar-refractivity contribution in [3.05, 3.63) is 0 Å². The van der Waals surface area contributed by atoms with Gasteiger partial charge in [-0.05, 0) is 0 Å². The van der Waals surface area contributed by atoms with E-state index in [0.717, 1.165) is 0 Å². The molecule has 0 fully saturated rings. The Labute approximate surface area is 54.0 Å². The Morgan fingerprint density at radius 3 is 1.25 bits per heavy atom. The third-order valence-electron chi connectivity index (χ3n) is 0. The molecule has 0 aliphatic carbocycles. The average molecular weight is 330 g/mol. The van der Waals surface area contributed by atoms with Crippen molar-refractivity contribution in [3.8, 4) is 0 Å². The van der Waals surface area contributed by atoms with Gasteiger partial charge in [0.1, 0.15) is 0 Å². The van der Waals surface area contributed by atoms with Gasteiger partial charge in [-0.15, -0.1) is 0 Å². The van der Waals surface area contributed by atoms with E-state index in [-0.39, 0.29) is 31.0 Å². The van der Waals surface area contributed by atoms with Crippen LogP contribution < -0.4 is 0 Å². The van der Waals surface area contributed by atoms with Crippen LogP contribution in [0.15, 0.2) is 0 Å². The molecule has 0 rings (SSSR count). The van der Waals surface area contributed by atoms with E-state index in [9.17, 15) is 0 Å². The van der Waals surface area contributed by atoms with Gasteiger partial charge in [0, 0.05) is 21.1 Å². The molecule has 0 heterocycles. The van der Waals surface area contributed by atoms with E-state index < -0.39 is 0 Å². The van der Waals surface area contributed by atoms with Gasteiger partial charge in [0.2, 0.25) is 0 Å². The normalized spacial score (nSPS) is 1.00. The number of hydrogen-bond acceptors (Lipinski definition) is 1. The van der Waals surface area contributed by atoms with Gasteiger partial charge in [-0.25, -0.2) is 0 Å². The first-order valence-corrected chi connectivity index (χ1v) is 1.36. The van der Waals surface area contributed by atoms with E-state index in [1.165, 1.54) is 0 Å². The van der Waals surface area contributed by atoms with E-state index >= 15 is 0 Å². The summed E-state index contributed by atoms with van der Waals surface area (Å²) in [5, 5.41) is 0. The minimum absolute atomic E-state index is 0. The molecule has 0 saturated heterocycles. The van der Waals surface area contributed by atoms with Gasteiger partial charge in [0.15, 0.2) is 0 Å². The third kappa shape index (κ3) is 9.49. The van der Waals surface area contributed by atoms with Gasteiger partial charge in [0.25, 0.3) is 0 Å². The zero-order valence-electron chi connectivity index (χ0n) is 1.93. The Morgan fingerprint density at radius 1 is 1.25 bits per heavy atom. The zero-order valence-corrected chi connectivity index (χ0v) is 8.29. The number of hydrogen-bond donors (Lipinski definition) is 0. The van der Waals surface area contributed by atoms with E-state index in [2.05, 4.69) is 0 Å². The van der Waals surface area contributed by atoms with Gasteiger partial charge in [-0.2, -0.15) is 9.90 Å². The van der Waals surface area contributed by atoms with Crippen molar-refractivity contribution in [2.24, 2.45) is 0 Å². The van der Waals surface area contributed by atoms with Gasteiger partial charge >= 0.3 is 23.2 Å². The van der Waals surface area contributed by atoms with Crippen LogP contribution in [0, 0.1) is 0 Å². The second-order valence-corrected chi connectivity index (χ2v) is 0. The molecule has 0 amide bonds. The predicted octanol–water partition coefficient (Wildman–Crippen LogP) is -0.0657. The van der Waals surface area contributed by atoms with Crippen LogP contribution in [0.1, 0.15) is 0 Å². The summed E-state index contributed by atoms with van der Waals surface area (Å²) in [7, 11) is 0. The molecule has 1 unspecified atom stereocenters. The quantitative estimate of drug-likeness (QED) is 0.449. The maximum absolute atomic E-state index is 8.33. The van der Waals surface area contributed by atoms with Crippen LogP contribution in [0.5, 0.6) is 0 Å². The minimum atomic E-state index is 0. The summed E-state index contributed by atoms with van der Waals surface area (Å²) in [6.07, 6.45) is 0. The standard InChI is InChI=1S/Mo.O.H3P.W/h;;1H3;. The van der Waals surface area contributed by atoms with Crippen LogP contribution in [0.3, 0.4) is 0 Å². The molecule has 0 aromatic carbocycles. The van der Waals surface area contributed by atoms with Crippen LogP contribution in [-0.2, 0) is 44.2 Å². The molecule has 1 nitrogen and oxygen atoms in total. The molecule has 0 bridgehead atoms. The van der Waals surface area contributed by atoms with Crippen LogP contribution >= 0.6 is 9.90 Å². The van der Waals surface area contributed by atoms with Crippen LogP contribution in [0.25, 0.3) is 0 Å². The Morgan fingerprint density at radius 2 is 1.25 bits per heavy atom. The molecule has 0 aliphatic heterocycles. The van der Waals surface area contributed by atoms with Crippen molar-refractivity contribution in [1.29, 1.82) is 0 Å². The summed E-state index contributed by atoms with van der Waals surface area (Å²) in [4.78, 5) is 0. The van der Waals surface area contributed by atoms with E-state index in [0.29, 0.717) is 19.8 Å². The van der Waals surface area contributed by atoms with Gasteiger partial charge in [0.05, 0.1) is 0 Å². The fourth-order valence-electron chi connectivity index (χ4n) is 0. The zero-order chi connectivity index (χ0) is 2.00. The molecule has 4 heteroatoms. The van der Waals surface area contributed by atoms with Crippen molar-refractivity contribution in [2.75, 3.05) is 0 Å². The molecule has 0 saturated carbocycles. The van der Waals surface area contributed by atoms with Crippen molar-refractivity contribution in [3.63, 3.8) is 0 Å². The average Bonchev–Trinajstić information content (AvgIpc) is 1.00. The SMILES string of the molecule is P.[Mo].[O]=[W]. The molecule has 0 aromatic heterocycles. The maximum atomic E-state index is 8.33.